The Morgan fingerprint density at radius 2 is 1.78 bits per heavy atom. The molecule has 3 nitrogen and oxygen atoms in total. The molecule has 23 heavy (non-hydrogen) atoms. The minimum Gasteiger partial charge on any atom is -0.464 e. The number of likely N-dealkylation sites (N-methyl/N-ethyl adjacent to an activating group) is 1. The Labute approximate surface area is 146 Å². The second-order valence-corrected chi connectivity index (χ2v) is 6.84. The first kappa shape index (κ1) is 20.0. The Bertz CT molecular complexity index is 472. The maximum Gasteiger partial charge on any atom is 0.316 e. The van der Waals surface area contributed by atoms with Gasteiger partial charge in [-0.15, -0.1) is 12.4 Å². The van der Waals surface area contributed by atoms with Crippen molar-refractivity contribution < 1.29 is 9.53 Å². The quantitative estimate of drug-likeness (QED) is 0.732. The molecule has 1 aliphatic rings. The van der Waals surface area contributed by atoms with Gasteiger partial charge >= 0.3 is 5.97 Å². The van der Waals surface area contributed by atoms with E-state index in [1.807, 2.05) is 37.2 Å². The van der Waals surface area contributed by atoms with Crippen LogP contribution < -0.4 is 0 Å². The van der Waals surface area contributed by atoms with E-state index < -0.39 is 5.41 Å². The lowest BCUT2D eigenvalue weighted by atomic mass is 9.66. The minimum absolute atomic E-state index is 0. The molecule has 0 N–H and O–H groups in total. The van der Waals surface area contributed by atoms with E-state index in [-0.39, 0.29) is 18.4 Å². The van der Waals surface area contributed by atoms with Crippen LogP contribution in [0, 0.1) is 5.92 Å². The van der Waals surface area contributed by atoms with Crippen LogP contribution in [0.2, 0.25) is 0 Å². The molecule has 0 radical (unpaired) electrons. The topological polar surface area (TPSA) is 29.5 Å². The van der Waals surface area contributed by atoms with Gasteiger partial charge in [0.1, 0.15) is 6.61 Å². The first-order valence-electron chi connectivity index (χ1n) is 8.42. The zero-order valence-corrected chi connectivity index (χ0v) is 15.4. The zero-order chi connectivity index (χ0) is 16.0. The third kappa shape index (κ3) is 4.95. The standard InChI is InChI=1S/C19H29NO2.ClH/c1-19(16-10-6-4-7-11-16,17-12-8-5-9-13-17)18(21)22-15-14-20(2)3;/h4,6-7,10-11,17H,5,8-9,12-15H2,1-3H3;1H. The number of hydrogen-bond acceptors (Lipinski definition) is 3. The average Bonchev–Trinajstić information content (AvgIpc) is 2.55. The van der Waals surface area contributed by atoms with Crippen LogP contribution in [-0.2, 0) is 14.9 Å². The number of benzene rings is 1. The van der Waals surface area contributed by atoms with Crippen molar-refractivity contribution in [2.45, 2.75) is 44.4 Å². The van der Waals surface area contributed by atoms with Gasteiger partial charge in [-0.2, -0.15) is 0 Å². The number of carbonyl (C=O) groups excluding carboxylic acids is 1. The Morgan fingerprint density at radius 3 is 2.35 bits per heavy atom. The fourth-order valence-electron chi connectivity index (χ4n) is 3.46. The summed E-state index contributed by atoms with van der Waals surface area (Å²) < 4.78 is 5.65. The van der Waals surface area contributed by atoms with Gasteiger partial charge in [-0.3, -0.25) is 4.79 Å². The van der Waals surface area contributed by atoms with E-state index in [0.29, 0.717) is 12.5 Å². The molecule has 0 amide bonds. The summed E-state index contributed by atoms with van der Waals surface area (Å²) in [6.07, 6.45) is 5.97. The predicted octanol–water partition coefficient (Wildman–Crippen LogP) is 4.05. The molecule has 1 aliphatic carbocycles. The van der Waals surface area contributed by atoms with Crippen LogP contribution >= 0.6 is 12.4 Å². The summed E-state index contributed by atoms with van der Waals surface area (Å²) in [6.45, 7) is 3.30. The van der Waals surface area contributed by atoms with Gasteiger partial charge in [-0.25, -0.2) is 0 Å². The average molecular weight is 340 g/mol. The van der Waals surface area contributed by atoms with Gasteiger partial charge in [-0.1, -0.05) is 49.6 Å². The molecule has 130 valence electrons. The Balaban J connectivity index is 0.00000264. The fraction of sp³-hybridized carbons (Fsp3) is 0.632. The minimum atomic E-state index is -0.520. The van der Waals surface area contributed by atoms with Crippen molar-refractivity contribution in [2.24, 2.45) is 5.92 Å². The lowest BCUT2D eigenvalue weighted by Crippen LogP contribution is -2.43. The summed E-state index contributed by atoms with van der Waals surface area (Å²) in [5.74, 6) is 0.322. The molecule has 0 aromatic heterocycles. The van der Waals surface area contributed by atoms with Gasteiger partial charge < -0.3 is 9.64 Å². The molecule has 0 saturated heterocycles. The summed E-state index contributed by atoms with van der Waals surface area (Å²) >= 11 is 0. The van der Waals surface area contributed by atoms with E-state index in [4.69, 9.17) is 4.74 Å². The van der Waals surface area contributed by atoms with E-state index in [9.17, 15) is 4.79 Å². The van der Waals surface area contributed by atoms with E-state index in [1.165, 1.54) is 19.3 Å². The number of esters is 1. The van der Waals surface area contributed by atoms with Crippen molar-refractivity contribution in [1.82, 2.24) is 4.90 Å². The van der Waals surface area contributed by atoms with Gasteiger partial charge in [0.15, 0.2) is 0 Å². The van der Waals surface area contributed by atoms with Crippen LogP contribution in [0.3, 0.4) is 0 Å². The monoisotopic (exact) mass is 339 g/mol. The van der Waals surface area contributed by atoms with Crippen molar-refractivity contribution in [3.8, 4) is 0 Å². The molecule has 1 aromatic carbocycles. The first-order chi connectivity index (χ1) is 10.5. The number of carbonyl (C=O) groups is 1. The highest BCUT2D eigenvalue weighted by Gasteiger charge is 2.44. The highest BCUT2D eigenvalue weighted by molar-refractivity contribution is 5.85. The van der Waals surface area contributed by atoms with Gasteiger partial charge in [0.2, 0.25) is 0 Å². The Hall–Kier alpha value is -1.06. The van der Waals surface area contributed by atoms with Gasteiger partial charge in [0.25, 0.3) is 0 Å². The van der Waals surface area contributed by atoms with Crippen LogP contribution in [0.1, 0.15) is 44.6 Å². The van der Waals surface area contributed by atoms with Crippen molar-refractivity contribution >= 4 is 18.4 Å². The lowest BCUT2D eigenvalue weighted by Gasteiger charge is -2.38. The molecular formula is C19H30ClNO2. The van der Waals surface area contributed by atoms with Crippen molar-refractivity contribution in [3.05, 3.63) is 35.9 Å². The molecular weight excluding hydrogens is 310 g/mol. The Kier molecular flexibility index (Phi) is 8.07. The molecule has 1 saturated carbocycles. The number of hydrogen-bond donors (Lipinski definition) is 0. The zero-order valence-electron chi connectivity index (χ0n) is 14.6. The van der Waals surface area contributed by atoms with E-state index >= 15 is 0 Å². The molecule has 1 unspecified atom stereocenters. The second-order valence-electron chi connectivity index (χ2n) is 6.84. The van der Waals surface area contributed by atoms with Crippen LogP contribution in [0.25, 0.3) is 0 Å². The third-order valence-electron chi connectivity index (χ3n) is 4.99. The largest absolute Gasteiger partial charge is 0.464 e. The van der Waals surface area contributed by atoms with Crippen LogP contribution in [0.4, 0.5) is 0 Å². The summed E-state index contributed by atoms with van der Waals surface area (Å²) in [5, 5.41) is 0. The van der Waals surface area contributed by atoms with Crippen LogP contribution in [-0.4, -0.2) is 38.1 Å². The van der Waals surface area contributed by atoms with E-state index in [2.05, 4.69) is 19.1 Å². The highest BCUT2D eigenvalue weighted by Crippen LogP contribution is 2.41. The number of rotatable bonds is 6. The maximum absolute atomic E-state index is 12.9. The Morgan fingerprint density at radius 1 is 1.17 bits per heavy atom. The fourth-order valence-corrected chi connectivity index (χ4v) is 3.46. The molecule has 4 heteroatoms. The van der Waals surface area contributed by atoms with Crippen molar-refractivity contribution in [3.63, 3.8) is 0 Å². The predicted molar refractivity (Wildman–Crippen MR) is 97.1 cm³/mol. The molecule has 0 aliphatic heterocycles. The molecule has 1 fully saturated rings. The summed E-state index contributed by atoms with van der Waals surface area (Å²) in [6, 6.07) is 10.2. The number of ether oxygens (including phenoxy) is 1. The number of nitrogens with zero attached hydrogens (tertiary/aromatic N) is 1. The second kappa shape index (κ2) is 9.29. The summed E-state index contributed by atoms with van der Waals surface area (Å²) in [7, 11) is 3.98. The summed E-state index contributed by atoms with van der Waals surface area (Å²) in [4.78, 5) is 14.9. The summed E-state index contributed by atoms with van der Waals surface area (Å²) in [5.41, 5.74) is 0.574. The lowest BCUT2D eigenvalue weighted by molar-refractivity contribution is -0.153. The van der Waals surface area contributed by atoms with Gasteiger partial charge in [-0.05, 0) is 45.3 Å². The van der Waals surface area contributed by atoms with Crippen molar-refractivity contribution in [2.75, 3.05) is 27.2 Å². The molecule has 0 heterocycles. The molecule has 2 rings (SSSR count). The molecule has 0 spiro atoms. The van der Waals surface area contributed by atoms with Crippen molar-refractivity contribution in [1.29, 1.82) is 0 Å². The molecule has 1 aromatic rings. The van der Waals surface area contributed by atoms with Gasteiger partial charge in [0, 0.05) is 6.54 Å². The van der Waals surface area contributed by atoms with E-state index in [1.54, 1.807) is 0 Å². The normalized spacial score (nSPS) is 18.1. The number of halogens is 1. The van der Waals surface area contributed by atoms with Crippen LogP contribution in [0.5, 0.6) is 0 Å². The van der Waals surface area contributed by atoms with Gasteiger partial charge in [0.05, 0.1) is 5.41 Å². The van der Waals surface area contributed by atoms with E-state index in [0.717, 1.165) is 24.9 Å². The first-order valence-corrected chi connectivity index (χ1v) is 8.42. The highest BCUT2D eigenvalue weighted by atomic mass is 35.5. The smallest absolute Gasteiger partial charge is 0.316 e. The maximum atomic E-state index is 12.9. The third-order valence-corrected chi connectivity index (χ3v) is 4.99. The molecule has 0 bridgehead atoms. The van der Waals surface area contributed by atoms with Crippen LogP contribution in [0.15, 0.2) is 30.3 Å². The SMILES string of the molecule is CN(C)CCOC(=O)C(C)(c1ccccc1)C1CCCCC1.Cl. The molecule has 1 atom stereocenters.